The van der Waals surface area contributed by atoms with Gasteiger partial charge in [-0.05, 0) is 20.8 Å². The molecule has 5 heteroatoms. The summed E-state index contributed by atoms with van der Waals surface area (Å²) in [7, 11) is 0. The number of amides is 1. The van der Waals surface area contributed by atoms with Crippen molar-refractivity contribution < 1.29 is 19.1 Å². The van der Waals surface area contributed by atoms with Gasteiger partial charge in [-0.25, -0.2) is 4.79 Å². The molecule has 0 bridgehead atoms. The van der Waals surface area contributed by atoms with Crippen LogP contribution in [-0.2, 0) is 9.47 Å². The third-order valence-corrected chi connectivity index (χ3v) is 2.63. The van der Waals surface area contributed by atoms with E-state index >= 15 is 0 Å². The summed E-state index contributed by atoms with van der Waals surface area (Å²) >= 11 is 0. The Labute approximate surface area is 123 Å². The van der Waals surface area contributed by atoms with Crippen LogP contribution in [0.25, 0.3) is 5.76 Å². The third kappa shape index (κ3) is 3.72. The van der Waals surface area contributed by atoms with Crippen molar-refractivity contribution >= 4 is 18.1 Å². The molecule has 0 N–H and O–H groups in total. The van der Waals surface area contributed by atoms with E-state index in [0.717, 1.165) is 6.29 Å². The standard InChI is InChI=1S/C16H17NO4/c1-16(2,3)21-15(19)17-8-9-20-14(10-17)13-7-5-4-6-12(13)11-18/h4-11H,1-3H3. The van der Waals surface area contributed by atoms with Crippen LogP contribution in [-0.4, -0.2) is 22.9 Å². The molecule has 1 amide bonds. The normalized spacial score (nSPS) is 14.2. The fourth-order valence-electron chi connectivity index (χ4n) is 1.75. The number of hydrogen-bond acceptors (Lipinski definition) is 4. The van der Waals surface area contributed by atoms with E-state index in [4.69, 9.17) is 9.47 Å². The number of carbonyl (C=O) groups excluding carboxylic acids is 2. The van der Waals surface area contributed by atoms with E-state index in [0.29, 0.717) is 16.9 Å². The topological polar surface area (TPSA) is 55.8 Å². The van der Waals surface area contributed by atoms with E-state index in [9.17, 15) is 9.59 Å². The van der Waals surface area contributed by atoms with E-state index in [1.807, 2.05) is 0 Å². The molecule has 0 fully saturated rings. The van der Waals surface area contributed by atoms with Gasteiger partial charge in [0.2, 0.25) is 0 Å². The number of aldehydes is 1. The van der Waals surface area contributed by atoms with Crippen LogP contribution in [0.5, 0.6) is 0 Å². The zero-order chi connectivity index (χ0) is 15.5. The van der Waals surface area contributed by atoms with Crippen molar-refractivity contribution in [1.29, 1.82) is 0 Å². The van der Waals surface area contributed by atoms with Crippen molar-refractivity contribution in [3.63, 3.8) is 0 Å². The van der Waals surface area contributed by atoms with Gasteiger partial charge in [0.25, 0.3) is 0 Å². The number of ether oxygens (including phenoxy) is 2. The first-order chi connectivity index (χ1) is 9.90. The molecule has 1 aliphatic heterocycles. The van der Waals surface area contributed by atoms with E-state index in [2.05, 4.69) is 0 Å². The van der Waals surface area contributed by atoms with E-state index in [-0.39, 0.29) is 0 Å². The molecule has 0 atom stereocenters. The van der Waals surface area contributed by atoms with Crippen molar-refractivity contribution in [1.82, 2.24) is 4.90 Å². The van der Waals surface area contributed by atoms with Crippen LogP contribution in [0.15, 0.2) is 42.9 Å². The minimum atomic E-state index is -0.585. The maximum Gasteiger partial charge on any atom is 0.418 e. The summed E-state index contributed by atoms with van der Waals surface area (Å²) in [6.07, 6.45) is 4.57. The number of nitrogens with zero attached hydrogens (tertiary/aromatic N) is 1. The molecular weight excluding hydrogens is 270 g/mol. The fourth-order valence-corrected chi connectivity index (χ4v) is 1.75. The molecule has 1 heterocycles. The number of rotatable bonds is 2. The molecule has 1 aliphatic rings. The second-order valence-corrected chi connectivity index (χ2v) is 5.49. The zero-order valence-electron chi connectivity index (χ0n) is 12.2. The Kier molecular flexibility index (Phi) is 4.12. The van der Waals surface area contributed by atoms with Gasteiger partial charge in [-0.15, -0.1) is 0 Å². The number of hydrogen-bond donors (Lipinski definition) is 0. The van der Waals surface area contributed by atoms with Crippen LogP contribution in [0.3, 0.4) is 0 Å². The molecule has 0 radical (unpaired) electrons. The van der Waals surface area contributed by atoms with Crippen molar-refractivity contribution in [2.24, 2.45) is 0 Å². The molecule has 1 aromatic carbocycles. The summed E-state index contributed by atoms with van der Waals surface area (Å²) in [6.45, 7) is 5.38. The van der Waals surface area contributed by atoms with Crippen LogP contribution in [0.4, 0.5) is 4.79 Å². The monoisotopic (exact) mass is 287 g/mol. The average Bonchev–Trinajstić information content (AvgIpc) is 2.45. The molecule has 1 aromatic rings. The molecule has 21 heavy (non-hydrogen) atoms. The second kappa shape index (κ2) is 5.83. The van der Waals surface area contributed by atoms with Crippen LogP contribution in [0, 0.1) is 0 Å². The maximum absolute atomic E-state index is 12.0. The molecular formula is C16H17NO4. The van der Waals surface area contributed by atoms with E-state index < -0.39 is 11.7 Å². The Morgan fingerprint density at radius 1 is 1.29 bits per heavy atom. The Morgan fingerprint density at radius 2 is 2.00 bits per heavy atom. The Bertz CT molecular complexity index is 611. The summed E-state index contributed by atoms with van der Waals surface area (Å²) in [5.74, 6) is 0.408. The third-order valence-electron chi connectivity index (χ3n) is 2.63. The van der Waals surface area contributed by atoms with Gasteiger partial charge >= 0.3 is 6.09 Å². The number of carbonyl (C=O) groups is 2. The molecule has 0 unspecified atom stereocenters. The minimum Gasteiger partial charge on any atom is -0.461 e. The minimum absolute atomic E-state index is 0.408. The lowest BCUT2D eigenvalue weighted by Gasteiger charge is -2.25. The van der Waals surface area contributed by atoms with Gasteiger partial charge in [-0.2, -0.15) is 0 Å². The zero-order valence-corrected chi connectivity index (χ0v) is 12.2. The SMILES string of the molecule is CC(C)(C)OC(=O)N1C=COC(c2ccccc2C=O)=C1. The average molecular weight is 287 g/mol. The lowest BCUT2D eigenvalue weighted by Crippen LogP contribution is -2.31. The Hall–Kier alpha value is -2.56. The molecule has 0 saturated heterocycles. The summed E-state index contributed by atoms with van der Waals surface area (Å²) in [4.78, 5) is 24.4. The first-order valence-electron chi connectivity index (χ1n) is 6.52. The quantitative estimate of drug-likeness (QED) is 0.781. The van der Waals surface area contributed by atoms with Crippen LogP contribution in [0.2, 0.25) is 0 Å². The highest BCUT2D eigenvalue weighted by Crippen LogP contribution is 2.24. The predicted octanol–water partition coefficient (Wildman–Crippen LogP) is 3.54. The van der Waals surface area contributed by atoms with Crippen molar-refractivity contribution in [2.75, 3.05) is 0 Å². The summed E-state index contributed by atoms with van der Waals surface area (Å²) in [6, 6.07) is 6.99. The van der Waals surface area contributed by atoms with Crippen LogP contribution < -0.4 is 0 Å². The van der Waals surface area contributed by atoms with E-state index in [1.54, 1.807) is 45.0 Å². The highest BCUT2D eigenvalue weighted by Gasteiger charge is 2.22. The van der Waals surface area contributed by atoms with Crippen LogP contribution >= 0.6 is 0 Å². The highest BCUT2D eigenvalue weighted by molar-refractivity contribution is 5.85. The van der Waals surface area contributed by atoms with Gasteiger partial charge in [0.15, 0.2) is 12.0 Å². The summed E-state index contributed by atoms with van der Waals surface area (Å²) in [5.41, 5.74) is 0.520. The molecule has 0 spiro atoms. The predicted molar refractivity (Wildman–Crippen MR) is 78.1 cm³/mol. The highest BCUT2D eigenvalue weighted by atomic mass is 16.6. The van der Waals surface area contributed by atoms with Gasteiger partial charge in [0.1, 0.15) is 11.9 Å². The van der Waals surface area contributed by atoms with Crippen molar-refractivity contribution in [3.05, 3.63) is 54.1 Å². The lowest BCUT2D eigenvalue weighted by molar-refractivity contribution is 0.0390. The van der Waals surface area contributed by atoms with Crippen LogP contribution in [0.1, 0.15) is 36.7 Å². The lowest BCUT2D eigenvalue weighted by atomic mass is 10.1. The van der Waals surface area contributed by atoms with Crippen molar-refractivity contribution in [2.45, 2.75) is 26.4 Å². The Balaban J connectivity index is 2.26. The number of benzene rings is 1. The first-order valence-corrected chi connectivity index (χ1v) is 6.52. The fraction of sp³-hybridized carbons (Fsp3) is 0.250. The Morgan fingerprint density at radius 3 is 2.67 bits per heavy atom. The van der Waals surface area contributed by atoms with Gasteiger partial charge < -0.3 is 9.47 Å². The summed E-state index contributed by atoms with van der Waals surface area (Å²) in [5, 5.41) is 0. The maximum atomic E-state index is 12.0. The largest absolute Gasteiger partial charge is 0.461 e. The second-order valence-electron chi connectivity index (χ2n) is 5.49. The molecule has 0 aliphatic carbocycles. The van der Waals surface area contributed by atoms with Gasteiger partial charge in [0.05, 0.1) is 12.4 Å². The molecule has 2 rings (SSSR count). The first kappa shape index (κ1) is 14.8. The molecule has 0 saturated carbocycles. The van der Waals surface area contributed by atoms with Gasteiger partial charge in [0, 0.05) is 11.1 Å². The smallest absolute Gasteiger partial charge is 0.418 e. The van der Waals surface area contributed by atoms with Gasteiger partial charge in [-0.3, -0.25) is 9.69 Å². The van der Waals surface area contributed by atoms with E-state index in [1.165, 1.54) is 23.6 Å². The van der Waals surface area contributed by atoms with Gasteiger partial charge in [-0.1, -0.05) is 24.3 Å². The molecule has 110 valence electrons. The van der Waals surface area contributed by atoms with Crippen molar-refractivity contribution in [3.8, 4) is 0 Å². The molecule has 0 aromatic heterocycles. The summed E-state index contributed by atoms with van der Waals surface area (Å²) < 4.78 is 10.7. The molecule has 5 nitrogen and oxygen atoms in total.